The number of thioether (sulfide) groups is 1. The van der Waals surface area contributed by atoms with E-state index < -0.39 is 17.8 Å². The molecule has 0 radical (unpaired) electrons. The second-order valence-corrected chi connectivity index (χ2v) is 7.92. The fourth-order valence-corrected chi connectivity index (χ4v) is 3.83. The van der Waals surface area contributed by atoms with Gasteiger partial charge in [0.1, 0.15) is 5.82 Å². The highest BCUT2D eigenvalue weighted by atomic mass is 32.2. The van der Waals surface area contributed by atoms with Crippen LogP contribution in [0.5, 0.6) is 11.5 Å². The third-order valence-corrected chi connectivity index (χ3v) is 5.73. The van der Waals surface area contributed by atoms with Crippen LogP contribution in [0.1, 0.15) is 29.1 Å². The van der Waals surface area contributed by atoms with Crippen molar-refractivity contribution in [3.8, 4) is 11.5 Å². The molecule has 1 aliphatic heterocycles. The second kappa shape index (κ2) is 9.27. The van der Waals surface area contributed by atoms with E-state index in [2.05, 4.69) is 20.8 Å². The number of aromatic nitrogens is 3. The lowest BCUT2D eigenvalue weighted by Gasteiger charge is -2.14. The van der Waals surface area contributed by atoms with Crippen LogP contribution < -0.4 is 20.1 Å². The van der Waals surface area contributed by atoms with Crippen molar-refractivity contribution in [1.29, 1.82) is 0 Å². The summed E-state index contributed by atoms with van der Waals surface area (Å²) in [5, 5.41) is 14.2. The number of amides is 2. The normalized spacial score (nSPS) is 13.0. The monoisotopic (exact) mass is 457 g/mol. The summed E-state index contributed by atoms with van der Waals surface area (Å²) in [6.07, 6.45) is 0. The minimum Gasteiger partial charge on any atom is -0.454 e. The molecule has 9 nitrogen and oxygen atoms in total. The van der Waals surface area contributed by atoms with Crippen LogP contribution in [0, 0.1) is 5.82 Å². The molecular formula is C21H20FN5O4S. The molecule has 2 amide bonds. The van der Waals surface area contributed by atoms with Crippen molar-refractivity contribution in [2.24, 2.45) is 7.05 Å². The SMILES string of the molecule is C[C@@H](NC(=O)c1ccccc1F)c1nnc(SCC(=O)Nc2ccc3c(c2)OCO3)n1C. The number of halogens is 1. The Labute approximate surface area is 187 Å². The molecule has 1 aliphatic rings. The maximum atomic E-state index is 13.8. The molecule has 0 unspecified atom stereocenters. The van der Waals surface area contributed by atoms with E-state index in [-0.39, 0.29) is 24.0 Å². The summed E-state index contributed by atoms with van der Waals surface area (Å²) in [7, 11) is 1.74. The first-order valence-electron chi connectivity index (χ1n) is 9.69. The van der Waals surface area contributed by atoms with Crippen molar-refractivity contribution >= 4 is 29.3 Å². The van der Waals surface area contributed by atoms with Crippen LogP contribution in [0.15, 0.2) is 47.6 Å². The zero-order valence-corrected chi connectivity index (χ0v) is 18.1. The van der Waals surface area contributed by atoms with Crippen LogP contribution in [-0.4, -0.2) is 39.1 Å². The van der Waals surface area contributed by atoms with Gasteiger partial charge in [-0.15, -0.1) is 10.2 Å². The summed E-state index contributed by atoms with van der Waals surface area (Å²) in [5.41, 5.74) is 0.555. The molecule has 0 saturated heterocycles. The molecule has 166 valence electrons. The van der Waals surface area contributed by atoms with Gasteiger partial charge in [0.25, 0.3) is 5.91 Å². The summed E-state index contributed by atoms with van der Waals surface area (Å²) in [5.74, 6) is 0.444. The van der Waals surface area contributed by atoms with Gasteiger partial charge in [-0.3, -0.25) is 9.59 Å². The molecule has 1 aromatic heterocycles. The summed E-state index contributed by atoms with van der Waals surface area (Å²) in [6, 6.07) is 10.4. The summed E-state index contributed by atoms with van der Waals surface area (Å²) < 4.78 is 26.1. The number of fused-ring (bicyclic) bond motifs is 1. The van der Waals surface area contributed by atoms with Crippen molar-refractivity contribution in [3.05, 3.63) is 59.7 Å². The third-order valence-electron chi connectivity index (χ3n) is 4.71. The second-order valence-electron chi connectivity index (χ2n) is 6.98. The van der Waals surface area contributed by atoms with Crippen molar-refractivity contribution in [1.82, 2.24) is 20.1 Å². The van der Waals surface area contributed by atoms with Crippen LogP contribution in [0.4, 0.5) is 10.1 Å². The van der Waals surface area contributed by atoms with E-state index in [1.54, 1.807) is 42.8 Å². The predicted molar refractivity (Wildman–Crippen MR) is 115 cm³/mol. The number of hydrogen-bond donors (Lipinski definition) is 2. The molecule has 0 bridgehead atoms. The molecular weight excluding hydrogens is 437 g/mol. The Balaban J connectivity index is 1.33. The van der Waals surface area contributed by atoms with E-state index in [0.717, 1.165) is 0 Å². The highest BCUT2D eigenvalue weighted by molar-refractivity contribution is 7.99. The van der Waals surface area contributed by atoms with Crippen LogP contribution >= 0.6 is 11.8 Å². The molecule has 2 heterocycles. The first kappa shape index (κ1) is 21.6. The van der Waals surface area contributed by atoms with E-state index in [0.29, 0.717) is 28.2 Å². The van der Waals surface area contributed by atoms with Gasteiger partial charge in [0.2, 0.25) is 12.7 Å². The van der Waals surface area contributed by atoms with E-state index >= 15 is 0 Å². The Morgan fingerprint density at radius 1 is 1.19 bits per heavy atom. The van der Waals surface area contributed by atoms with Gasteiger partial charge in [-0.1, -0.05) is 23.9 Å². The van der Waals surface area contributed by atoms with Gasteiger partial charge < -0.3 is 24.7 Å². The van der Waals surface area contributed by atoms with Crippen LogP contribution in [-0.2, 0) is 11.8 Å². The third kappa shape index (κ3) is 4.67. The Morgan fingerprint density at radius 3 is 2.78 bits per heavy atom. The van der Waals surface area contributed by atoms with E-state index in [1.165, 1.54) is 30.0 Å². The fraction of sp³-hybridized carbons (Fsp3) is 0.238. The lowest BCUT2D eigenvalue weighted by Crippen LogP contribution is -2.29. The van der Waals surface area contributed by atoms with Gasteiger partial charge in [0, 0.05) is 18.8 Å². The van der Waals surface area contributed by atoms with Crippen LogP contribution in [0.3, 0.4) is 0 Å². The smallest absolute Gasteiger partial charge is 0.254 e. The van der Waals surface area contributed by atoms with Gasteiger partial charge in [0.15, 0.2) is 22.5 Å². The Morgan fingerprint density at radius 2 is 1.97 bits per heavy atom. The van der Waals surface area contributed by atoms with E-state index in [1.807, 2.05) is 0 Å². The van der Waals surface area contributed by atoms with E-state index in [4.69, 9.17) is 9.47 Å². The number of benzene rings is 2. The molecule has 0 aliphatic carbocycles. The highest BCUT2D eigenvalue weighted by Gasteiger charge is 2.20. The van der Waals surface area contributed by atoms with Crippen molar-refractivity contribution in [2.45, 2.75) is 18.1 Å². The Kier molecular flexibility index (Phi) is 6.26. The molecule has 2 aromatic carbocycles. The molecule has 3 aromatic rings. The number of nitrogens with one attached hydrogen (secondary N) is 2. The highest BCUT2D eigenvalue weighted by Crippen LogP contribution is 2.34. The van der Waals surface area contributed by atoms with Crippen molar-refractivity contribution in [2.75, 3.05) is 17.9 Å². The summed E-state index contributed by atoms with van der Waals surface area (Å²) >= 11 is 1.20. The molecule has 1 atom stereocenters. The number of rotatable bonds is 7. The standard InChI is InChI=1S/C21H20FN5O4S/c1-12(23-20(29)14-5-3-4-6-15(14)22)19-25-26-21(27(19)2)32-10-18(28)24-13-7-8-16-17(9-13)31-11-30-16/h3-9,12H,10-11H2,1-2H3,(H,23,29)(H,24,28)/t12-/m1/s1. The van der Waals surface area contributed by atoms with Crippen LogP contribution in [0.25, 0.3) is 0 Å². The van der Waals surface area contributed by atoms with Gasteiger partial charge >= 0.3 is 0 Å². The largest absolute Gasteiger partial charge is 0.454 e. The molecule has 2 N–H and O–H groups in total. The van der Waals surface area contributed by atoms with Gasteiger partial charge in [0.05, 0.1) is 17.4 Å². The van der Waals surface area contributed by atoms with Gasteiger partial charge in [-0.2, -0.15) is 0 Å². The first-order chi connectivity index (χ1) is 15.4. The topological polar surface area (TPSA) is 107 Å². The van der Waals surface area contributed by atoms with Crippen LogP contribution in [0.2, 0.25) is 0 Å². The fourth-order valence-electron chi connectivity index (χ4n) is 3.11. The lowest BCUT2D eigenvalue weighted by molar-refractivity contribution is -0.113. The summed E-state index contributed by atoms with van der Waals surface area (Å²) in [4.78, 5) is 24.7. The Bertz CT molecular complexity index is 1170. The van der Waals surface area contributed by atoms with E-state index in [9.17, 15) is 14.0 Å². The first-order valence-corrected chi connectivity index (χ1v) is 10.7. The van der Waals surface area contributed by atoms with Gasteiger partial charge in [-0.25, -0.2) is 4.39 Å². The molecule has 0 spiro atoms. The number of hydrogen-bond acceptors (Lipinski definition) is 7. The minimum absolute atomic E-state index is 0.0451. The number of carbonyl (C=O) groups excluding carboxylic acids is 2. The van der Waals surface area contributed by atoms with Gasteiger partial charge in [-0.05, 0) is 31.2 Å². The molecule has 0 saturated carbocycles. The quantitative estimate of drug-likeness (QED) is 0.525. The average Bonchev–Trinajstić information content (AvgIpc) is 3.38. The molecule has 0 fully saturated rings. The number of anilines is 1. The number of carbonyl (C=O) groups is 2. The molecule has 11 heteroatoms. The maximum absolute atomic E-state index is 13.8. The predicted octanol–water partition coefficient (Wildman–Crippen LogP) is 2.90. The molecule has 32 heavy (non-hydrogen) atoms. The molecule has 4 rings (SSSR count). The number of nitrogens with zero attached hydrogens (tertiary/aromatic N) is 3. The minimum atomic E-state index is -0.597. The number of ether oxygens (including phenoxy) is 2. The summed E-state index contributed by atoms with van der Waals surface area (Å²) in [6.45, 7) is 1.89. The zero-order chi connectivity index (χ0) is 22.7. The zero-order valence-electron chi connectivity index (χ0n) is 17.3. The Hall–Kier alpha value is -3.60. The maximum Gasteiger partial charge on any atom is 0.254 e. The lowest BCUT2D eigenvalue weighted by atomic mass is 10.2. The average molecular weight is 457 g/mol. The van der Waals surface area contributed by atoms with Crippen molar-refractivity contribution < 1.29 is 23.5 Å². The van der Waals surface area contributed by atoms with Crippen molar-refractivity contribution in [3.63, 3.8) is 0 Å².